The van der Waals surface area contributed by atoms with Crippen LogP contribution in [0.4, 0.5) is 0 Å². The molecule has 0 aliphatic heterocycles. The van der Waals surface area contributed by atoms with Gasteiger partial charge in [0.15, 0.2) is 0 Å². The first kappa shape index (κ1) is 16.2. The molecule has 4 heteroatoms. The second-order valence-electron chi connectivity index (χ2n) is 4.78. The maximum absolute atomic E-state index is 9.30. The zero-order valence-electron chi connectivity index (χ0n) is 12.5. The molecule has 114 valence electrons. The lowest BCUT2D eigenvalue weighted by atomic mass is 9.98. The molecular formula is C18H18ClNO2. The molecule has 0 amide bonds. The van der Waals surface area contributed by atoms with Gasteiger partial charge in [-0.25, -0.2) is 0 Å². The van der Waals surface area contributed by atoms with Crippen molar-refractivity contribution in [3.63, 3.8) is 0 Å². The van der Waals surface area contributed by atoms with Crippen LogP contribution in [0.3, 0.4) is 0 Å². The van der Waals surface area contributed by atoms with Crippen LogP contribution in [-0.2, 0) is 0 Å². The highest BCUT2D eigenvalue weighted by Crippen LogP contribution is 2.23. The Labute approximate surface area is 136 Å². The second kappa shape index (κ2) is 8.31. The van der Waals surface area contributed by atoms with Crippen molar-refractivity contribution in [2.75, 3.05) is 13.2 Å². The van der Waals surface area contributed by atoms with Crippen molar-refractivity contribution < 1.29 is 9.47 Å². The van der Waals surface area contributed by atoms with Gasteiger partial charge in [-0.3, -0.25) is 0 Å². The molecule has 0 heterocycles. The average molecular weight is 316 g/mol. The summed E-state index contributed by atoms with van der Waals surface area (Å²) in [6.07, 6.45) is 0.622. The van der Waals surface area contributed by atoms with E-state index in [1.165, 1.54) is 0 Å². The lowest BCUT2D eigenvalue weighted by molar-refractivity contribution is 0.300. The Morgan fingerprint density at radius 2 is 1.77 bits per heavy atom. The lowest BCUT2D eigenvalue weighted by Gasteiger charge is -2.12. The number of halogens is 1. The molecule has 0 saturated heterocycles. The van der Waals surface area contributed by atoms with Crippen LogP contribution in [0, 0.1) is 11.3 Å². The molecule has 22 heavy (non-hydrogen) atoms. The Morgan fingerprint density at radius 3 is 2.41 bits per heavy atom. The molecule has 1 unspecified atom stereocenters. The maximum atomic E-state index is 9.30. The molecule has 3 nitrogen and oxygen atoms in total. The van der Waals surface area contributed by atoms with Crippen molar-refractivity contribution in [2.45, 2.75) is 19.3 Å². The van der Waals surface area contributed by atoms with Gasteiger partial charge in [-0.05, 0) is 36.8 Å². The van der Waals surface area contributed by atoms with Crippen LogP contribution in [0.5, 0.6) is 11.5 Å². The molecule has 0 bridgehead atoms. The summed E-state index contributed by atoms with van der Waals surface area (Å²) in [4.78, 5) is 0. The Bertz CT molecular complexity index is 634. The highest BCUT2D eigenvalue weighted by molar-refractivity contribution is 6.30. The third kappa shape index (κ3) is 4.68. The molecule has 0 fully saturated rings. The van der Waals surface area contributed by atoms with E-state index in [0.29, 0.717) is 24.7 Å². The number of ether oxygens (including phenoxy) is 2. The summed E-state index contributed by atoms with van der Waals surface area (Å²) < 4.78 is 11.1. The van der Waals surface area contributed by atoms with E-state index in [4.69, 9.17) is 21.1 Å². The third-order valence-corrected chi connectivity index (χ3v) is 3.47. The van der Waals surface area contributed by atoms with Crippen LogP contribution in [0.2, 0.25) is 5.02 Å². The lowest BCUT2D eigenvalue weighted by Crippen LogP contribution is -2.04. The topological polar surface area (TPSA) is 42.2 Å². The fourth-order valence-electron chi connectivity index (χ4n) is 2.12. The minimum absolute atomic E-state index is 0.202. The Balaban J connectivity index is 1.90. The van der Waals surface area contributed by atoms with Crippen molar-refractivity contribution >= 4 is 11.6 Å². The molecule has 0 radical (unpaired) electrons. The standard InChI is InChI=1S/C18H18ClNO2/c1-2-21-17-4-3-5-18(12-17)22-11-10-15(13-20)14-6-8-16(19)9-7-14/h3-9,12,15H,2,10-11H2,1H3. The summed E-state index contributed by atoms with van der Waals surface area (Å²) in [7, 11) is 0. The summed E-state index contributed by atoms with van der Waals surface area (Å²) in [5.74, 6) is 1.33. The number of hydrogen-bond acceptors (Lipinski definition) is 3. The van der Waals surface area contributed by atoms with E-state index in [-0.39, 0.29) is 5.92 Å². The summed E-state index contributed by atoms with van der Waals surface area (Å²) in [6, 6.07) is 17.2. The highest BCUT2D eigenvalue weighted by Gasteiger charge is 2.10. The molecule has 0 aliphatic rings. The predicted molar refractivity (Wildman–Crippen MR) is 87.5 cm³/mol. The molecule has 0 spiro atoms. The minimum atomic E-state index is -0.202. The van der Waals surface area contributed by atoms with Crippen molar-refractivity contribution in [3.05, 3.63) is 59.1 Å². The van der Waals surface area contributed by atoms with E-state index in [0.717, 1.165) is 17.1 Å². The predicted octanol–water partition coefficient (Wildman–Crippen LogP) is 4.81. The molecule has 0 saturated carbocycles. The molecule has 2 aromatic carbocycles. The smallest absolute Gasteiger partial charge is 0.122 e. The molecule has 0 aromatic heterocycles. The number of hydrogen-bond donors (Lipinski definition) is 0. The molecule has 0 N–H and O–H groups in total. The summed E-state index contributed by atoms with van der Waals surface area (Å²) in [5.41, 5.74) is 0.957. The molecular weight excluding hydrogens is 298 g/mol. The van der Waals surface area contributed by atoms with Crippen molar-refractivity contribution in [1.29, 1.82) is 5.26 Å². The fourth-order valence-corrected chi connectivity index (χ4v) is 2.24. The summed E-state index contributed by atoms with van der Waals surface area (Å²) in [6.45, 7) is 3.03. The third-order valence-electron chi connectivity index (χ3n) is 3.22. The number of rotatable bonds is 7. The molecule has 2 aromatic rings. The summed E-state index contributed by atoms with van der Waals surface area (Å²) >= 11 is 5.86. The van der Waals surface area contributed by atoms with Gasteiger partial charge in [0.05, 0.1) is 25.2 Å². The Hall–Kier alpha value is -2.18. The van der Waals surface area contributed by atoms with E-state index in [1.54, 1.807) is 12.1 Å². The fraction of sp³-hybridized carbons (Fsp3) is 0.278. The molecule has 2 rings (SSSR count). The van der Waals surface area contributed by atoms with Gasteiger partial charge in [-0.15, -0.1) is 0 Å². The minimum Gasteiger partial charge on any atom is -0.494 e. The Morgan fingerprint density at radius 1 is 1.09 bits per heavy atom. The van der Waals surface area contributed by atoms with Crippen LogP contribution >= 0.6 is 11.6 Å². The molecule has 1 atom stereocenters. The van der Waals surface area contributed by atoms with E-state index >= 15 is 0 Å². The van der Waals surface area contributed by atoms with Gasteiger partial charge in [-0.1, -0.05) is 29.8 Å². The largest absolute Gasteiger partial charge is 0.494 e. The second-order valence-corrected chi connectivity index (χ2v) is 5.21. The van der Waals surface area contributed by atoms with Crippen LogP contribution in [0.25, 0.3) is 0 Å². The zero-order valence-corrected chi connectivity index (χ0v) is 13.2. The van der Waals surface area contributed by atoms with Crippen molar-refractivity contribution in [3.8, 4) is 17.6 Å². The van der Waals surface area contributed by atoms with E-state index in [1.807, 2.05) is 43.3 Å². The van der Waals surface area contributed by atoms with Crippen LogP contribution in [0.15, 0.2) is 48.5 Å². The van der Waals surface area contributed by atoms with Gasteiger partial charge in [0.1, 0.15) is 11.5 Å². The summed E-state index contributed by atoms with van der Waals surface area (Å²) in [5, 5.41) is 9.97. The van der Waals surface area contributed by atoms with Gasteiger partial charge < -0.3 is 9.47 Å². The first-order valence-corrected chi connectivity index (χ1v) is 7.61. The normalized spacial score (nSPS) is 11.5. The first-order valence-electron chi connectivity index (χ1n) is 7.23. The van der Waals surface area contributed by atoms with Crippen LogP contribution in [-0.4, -0.2) is 13.2 Å². The zero-order chi connectivity index (χ0) is 15.8. The van der Waals surface area contributed by atoms with Gasteiger partial charge in [0, 0.05) is 17.5 Å². The maximum Gasteiger partial charge on any atom is 0.122 e. The van der Waals surface area contributed by atoms with E-state index in [2.05, 4.69) is 6.07 Å². The van der Waals surface area contributed by atoms with Gasteiger partial charge in [0.25, 0.3) is 0 Å². The number of nitrogens with zero attached hydrogens (tertiary/aromatic N) is 1. The van der Waals surface area contributed by atoms with Crippen molar-refractivity contribution in [2.24, 2.45) is 0 Å². The van der Waals surface area contributed by atoms with Gasteiger partial charge >= 0.3 is 0 Å². The van der Waals surface area contributed by atoms with Crippen LogP contribution in [0.1, 0.15) is 24.8 Å². The van der Waals surface area contributed by atoms with Gasteiger partial charge in [-0.2, -0.15) is 5.26 Å². The van der Waals surface area contributed by atoms with E-state index in [9.17, 15) is 5.26 Å². The number of benzene rings is 2. The SMILES string of the molecule is CCOc1cccc(OCCC(C#N)c2ccc(Cl)cc2)c1. The van der Waals surface area contributed by atoms with Crippen LogP contribution < -0.4 is 9.47 Å². The highest BCUT2D eigenvalue weighted by atomic mass is 35.5. The van der Waals surface area contributed by atoms with Gasteiger partial charge in [0.2, 0.25) is 0 Å². The monoisotopic (exact) mass is 315 g/mol. The average Bonchev–Trinajstić information content (AvgIpc) is 2.53. The van der Waals surface area contributed by atoms with E-state index < -0.39 is 0 Å². The quantitative estimate of drug-likeness (QED) is 0.736. The first-order chi connectivity index (χ1) is 10.7. The Kier molecular flexibility index (Phi) is 6.12. The van der Waals surface area contributed by atoms with Crippen molar-refractivity contribution in [1.82, 2.24) is 0 Å². The number of nitriles is 1. The molecule has 0 aliphatic carbocycles.